The van der Waals surface area contributed by atoms with E-state index in [1.54, 1.807) is 24.2 Å². The lowest BCUT2D eigenvalue weighted by molar-refractivity contribution is 1.25. The van der Waals surface area contributed by atoms with E-state index in [1.165, 1.54) is 4.90 Å². The summed E-state index contributed by atoms with van der Waals surface area (Å²) in [6.07, 6.45) is 3.58. The van der Waals surface area contributed by atoms with E-state index in [4.69, 9.17) is 5.73 Å². The Morgan fingerprint density at radius 3 is 2.62 bits per heavy atom. The van der Waals surface area contributed by atoms with Gasteiger partial charge in [-0.05, 0) is 52.7 Å². The minimum Gasteiger partial charge on any atom is -0.398 e. The molecule has 1 aromatic heterocycles. The summed E-state index contributed by atoms with van der Waals surface area (Å²) < 4.78 is 1.03. The predicted molar refractivity (Wildman–Crippen MR) is 71.7 cm³/mol. The summed E-state index contributed by atoms with van der Waals surface area (Å²) in [7, 11) is 0. The fourth-order valence-corrected chi connectivity index (χ4v) is 2.79. The van der Waals surface area contributed by atoms with Crippen molar-refractivity contribution in [1.82, 2.24) is 4.98 Å². The van der Waals surface area contributed by atoms with Crippen LogP contribution in [0.5, 0.6) is 0 Å². The van der Waals surface area contributed by atoms with Crippen molar-refractivity contribution in [2.75, 3.05) is 5.73 Å². The smallest absolute Gasteiger partial charge is 0.0355 e. The van der Waals surface area contributed by atoms with Crippen molar-refractivity contribution in [3.8, 4) is 0 Å². The fraction of sp³-hybridized carbons (Fsp3) is 0.0833. The van der Waals surface area contributed by atoms with Gasteiger partial charge in [-0.15, -0.1) is 0 Å². The second-order valence-corrected chi connectivity index (χ2v) is 5.39. The molecule has 82 valence electrons. The van der Waals surface area contributed by atoms with Gasteiger partial charge >= 0.3 is 0 Å². The largest absolute Gasteiger partial charge is 0.398 e. The van der Waals surface area contributed by atoms with Crippen LogP contribution < -0.4 is 5.73 Å². The van der Waals surface area contributed by atoms with Gasteiger partial charge in [-0.3, -0.25) is 4.98 Å². The van der Waals surface area contributed by atoms with Crippen molar-refractivity contribution in [1.29, 1.82) is 0 Å². The lowest BCUT2D eigenvalue weighted by Crippen LogP contribution is -1.90. The van der Waals surface area contributed by atoms with Crippen LogP contribution in [0, 0.1) is 6.92 Å². The van der Waals surface area contributed by atoms with E-state index in [-0.39, 0.29) is 0 Å². The third-order valence-electron chi connectivity index (χ3n) is 2.20. The molecular formula is C12H11BrN2S. The molecule has 0 aliphatic carbocycles. The number of rotatable bonds is 2. The average Bonchev–Trinajstić information content (AvgIpc) is 2.27. The van der Waals surface area contributed by atoms with Crippen molar-refractivity contribution in [3.05, 3.63) is 46.7 Å². The van der Waals surface area contributed by atoms with Crippen LogP contribution in [0.1, 0.15) is 5.56 Å². The zero-order valence-electron chi connectivity index (χ0n) is 8.77. The van der Waals surface area contributed by atoms with Crippen LogP contribution in [-0.2, 0) is 0 Å². The molecule has 0 saturated heterocycles. The number of hydrogen-bond acceptors (Lipinski definition) is 3. The van der Waals surface area contributed by atoms with E-state index in [0.717, 1.165) is 20.6 Å². The number of anilines is 1. The van der Waals surface area contributed by atoms with E-state index in [2.05, 4.69) is 27.0 Å². The molecule has 0 unspecified atom stereocenters. The Kier molecular flexibility index (Phi) is 3.51. The fourth-order valence-electron chi connectivity index (χ4n) is 1.28. The van der Waals surface area contributed by atoms with Gasteiger partial charge in [0.05, 0.1) is 0 Å². The highest BCUT2D eigenvalue weighted by Gasteiger charge is 2.05. The van der Waals surface area contributed by atoms with Gasteiger partial charge in [-0.2, -0.15) is 0 Å². The summed E-state index contributed by atoms with van der Waals surface area (Å²) in [6.45, 7) is 2.01. The summed E-state index contributed by atoms with van der Waals surface area (Å²) in [5.74, 6) is 0. The number of nitrogens with two attached hydrogens (primary N) is 1. The topological polar surface area (TPSA) is 38.9 Å². The van der Waals surface area contributed by atoms with E-state index in [1.807, 2.05) is 25.1 Å². The molecule has 0 radical (unpaired) electrons. The molecule has 2 rings (SSSR count). The maximum Gasteiger partial charge on any atom is 0.0355 e. The summed E-state index contributed by atoms with van der Waals surface area (Å²) in [4.78, 5) is 6.33. The lowest BCUT2D eigenvalue weighted by Gasteiger charge is -2.07. The van der Waals surface area contributed by atoms with E-state index >= 15 is 0 Å². The second kappa shape index (κ2) is 4.89. The Balaban J connectivity index is 2.32. The van der Waals surface area contributed by atoms with Crippen molar-refractivity contribution in [3.63, 3.8) is 0 Å². The molecule has 0 amide bonds. The second-order valence-electron chi connectivity index (χ2n) is 3.42. The molecule has 1 aromatic carbocycles. The number of nitrogen functional groups attached to an aromatic ring is 1. The first-order valence-corrected chi connectivity index (χ1v) is 6.41. The number of aromatic nitrogens is 1. The predicted octanol–water partition coefficient (Wildman–Crippen LogP) is 3.89. The Bertz CT molecular complexity index is 500. The van der Waals surface area contributed by atoms with Crippen molar-refractivity contribution in [2.24, 2.45) is 0 Å². The maximum atomic E-state index is 5.83. The van der Waals surface area contributed by atoms with E-state index in [0.29, 0.717) is 0 Å². The van der Waals surface area contributed by atoms with Crippen LogP contribution in [-0.4, -0.2) is 4.98 Å². The monoisotopic (exact) mass is 294 g/mol. The molecule has 4 heteroatoms. The van der Waals surface area contributed by atoms with Gasteiger partial charge in [-0.1, -0.05) is 11.8 Å². The van der Waals surface area contributed by atoms with Gasteiger partial charge in [0.25, 0.3) is 0 Å². The molecule has 0 spiro atoms. The molecule has 0 atom stereocenters. The summed E-state index contributed by atoms with van der Waals surface area (Å²) in [5, 5.41) is 0. The SMILES string of the molecule is Cc1cc(Sc2ccncc2)c(Br)cc1N. The minimum absolute atomic E-state index is 0.811. The van der Waals surface area contributed by atoms with Gasteiger partial charge in [0.2, 0.25) is 0 Å². The number of nitrogens with zero attached hydrogens (tertiary/aromatic N) is 1. The summed E-state index contributed by atoms with van der Waals surface area (Å²) in [6, 6.07) is 8.01. The average molecular weight is 295 g/mol. The van der Waals surface area contributed by atoms with Crippen molar-refractivity contribution in [2.45, 2.75) is 16.7 Å². The number of halogens is 1. The third-order valence-corrected chi connectivity index (χ3v) is 4.18. The van der Waals surface area contributed by atoms with Gasteiger partial charge in [0, 0.05) is 32.3 Å². The summed E-state index contributed by atoms with van der Waals surface area (Å²) >= 11 is 5.22. The van der Waals surface area contributed by atoms with E-state index in [9.17, 15) is 0 Å². The van der Waals surface area contributed by atoms with Gasteiger partial charge in [0.15, 0.2) is 0 Å². The highest BCUT2D eigenvalue weighted by Crippen LogP contribution is 2.35. The van der Waals surface area contributed by atoms with Crippen LogP contribution in [0.3, 0.4) is 0 Å². The molecule has 2 N–H and O–H groups in total. The first kappa shape index (κ1) is 11.5. The Hall–Kier alpha value is -1.00. The van der Waals surface area contributed by atoms with Crippen LogP contribution in [0.25, 0.3) is 0 Å². The normalized spacial score (nSPS) is 10.4. The molecular weight excluding hydrogens is 284 g/mol. The van der Waals surface area contributed by atoms with Crippen LogP contribution in [0.4, 0.5) is 5.69 Å². The third kappa shape index (κ3) is 2.57. The quantitative estimate of drug-likeness (QED) is 0.854. The Morgan fingerprint density at radius 1 is 1.25 bits per heavy atom. The Morgan fingerprint density at radius 2 is 1.94 bits per heavy atom. The highest BCUT2D eigenvalue weighted by atomic mass is 79.9. The lowest BCUT2D eigenvalue weighted by atomic mass is 10.2. The van der Waals surface area contributed by atoms with Crippen LogP contribution >= 0.6 is 27.7 Å². The first-order valence-electron chi connectivity index (χ1n) is 4.80. The zero-order valence-corrected chi connectivity index (χ0v) is 11.2. The van der Waals surface area contributed by atoms with Gasteiger partial charge < -0.3 is 5.73 Å². The molecule has 0 fully saturated rings. The number of aryl methyl sites for hydroxylation is 1. The van der Waals surface area contributed by atoms with E-state index < -0.39 is 0 Å². The number of pyridine rings is 1. The molecule has 0 aliphatic rings. The van der Waals surface area contributed by atoms with Gasteiger partial charge in [-0.25, -0.2) is 0 Å². The molecule has 0 bridgehead atoms. The number of benzene rings is 1. The first-order chi connectivity index (χ1) is 7.66. The van der Waals surface area contributed by atoms with Gasteiger partial charge in [0.1, 0.15) is 0 Å². The minimum atomic E-state index is 0.811. The molecule has 16 heavy (non-hydrogen) atoms. The highest BCUT2D eigenvalue weighted by molar-refractivity contribution is 9.10. The van der Waals surface area contributed by atoms with Crippen LogP contribution in [0.15, 0.2) is 50.9 Å². The Labute approximate surface area is 107 Å². The number of hydrogen-bond donors (Lipinski definition) is 1. The zero-order chi connectivity index (χ0) is 11.5. The van der Waals surface area contributed by atoms with Crippen LogP contribution in [0.2, 0.25) is 0 Å². The molecule has 0 aliphatic heterocycles. The standard InChI is InChI=1S/C12H11BrN2S/c1-8-6-12(10(13)7-11(8)14)16-9-2-4-15-5-3-9/h2-7H,14H2,1H3. The van der Waals surface area contributed by atoms with Crippen molar-refractivity contribution >= 4 is 33.4 Å². The molecule has 2 nitrogen and oxygen atoms in total. The maximum absolute atomic E-state index is 5.83. The summed E-state index contributed by atoms with van der Waals surface area (Å²) in [5.41, 5.74) is 7.74. The molecule has 2 aromatic rings. The van der Waals surface area contributed by atoms with Crippen molar-refractivity contribution < 1.29 is 0 Å². The molecule has 1 heterocycles. The molecule has 0 saturated carbocycles.